The predicted molar refractivity (Wildman–Crippen MR) is 92.5 cm³/mol. The summed E-state index contributed by atoms with van der Waals surface area (Å²) in [4.78, 5) is 17.0. The van der Waals surface area contributed by atoms with Crippen molar-refractivity contribution in [3.05, 3.63) is 17.5 Å². The lowest BCUT2D eigenvalue weighted by atomic mass is 9.84. The Kier molecular flexibility index (Phi) is 5.89. The van der Waals surface area contributed by atoms with E-state index in [0.717, 1.165) is 57.3 Å². The molecule has 1 aromatic rings. The first-order valence-electron chi connectivity index (χ1n) is 9.25. The monoisotopic (exact) mass is 334 g/mol. The van der Waals surface area contributed by atoms with Crippen molar-refractivity contribution in [3.63, 3.8) is 0 Å². The van der Waals surface area contributed by atoms with Gasteiger partial charge in [-0.3, -0.25) is 9.69 Å². The molecule has 1 aromatic heterocycles. The zero-order valence-corrected chi connectivity index (χ0v) is 15.0. The number of piperidine rings is 1. The highest BCUT2D eigenvalue weighted by Crippen LogP contribution is 2.25. The molecule has 0 spiro atoms. The number of aryl methyl sites for hydroxylation is 1. The van der Waals surface area contributed by atoms with E-state index in [1.807, 2.05) is 17.9 Å². The smallest absolute Gasteiger partial charge is 0.222 e. The molecular weight excluding hydrogens is 304 g/mol. The fourth-order valence-electron chi connectivity index (χ4n) is 3.85. The van der Waals surface area contributed by atoms with E-state index < -0.39 is 0 Å². The van der Waals surface area contributed by atoms with Crippen molar-refractivity contribution in [1.29, 1.82) is 0 Å². The average molecular weight is 334 g/mol. The lowest BCUT2D eigenvalue weighted by molar-refractivity contribution is -0.134. The van der Waals surface area contributed by atoms with E-state index in [2.05, 4.69) is 22.3 Å². The summed E-state index contributed by atoms with van der Waals surface area (Å²) in [5.41, 5.74) is 0.922. The van der Waals surface area contributed by atoms with E-state index in [-0.39, 0.29) is 0 Å². The molecule has 0 bridgehead atoms. The van der Waals surface area contributed by atoms with Crippen LogP contribution in [0.25, 0.3) is 0 Å². The molecule has 1 unspecified atom stereocenters. The van der Waals surface area contributed by atoms with E-state index in [4.69, 9.17) is 4.52 Å². The van der Waals surface area contributed by atoms with Crippen LogP contribution in [0.1, 0.15) is 37.6 Å². The largest absolute Gasteiger partial charge is 0.360 e. The van der Waals surface area contributed by atoms with Gasteiger partial charge in [0.05, 0.1) is 12.2 Å². The fourth-order valence-corrected chi connectivity index (χ4v) is 3.85. The third-order valence-corrected chi connectivity index (χ3v) is 5.47. The van der Waals surface area contributed by atoms with Crippen LogP contribution in [-0.2, 0) is 11.3 Å². The highest BCUT2D eigenvalue weighted by atomic mass is 16.5. The van der Waals surface area contributed by atoms with Crippen molar-refractivity contribution in [2.45, 2.75) is 39.7 Å². The zero-order valence-electron chi connectivity index (χ0n) is 15.0. The van der Waals surface area contributed by atoms with Crippen LogP contribution < -0.4 is 5.32 Å². The van der Waals surface area contributed by atoms with E-state index in [1.165, 1.54) is 12.8 Å². The van der Waals surface area contributed by atoms with Gasteiger partial charge in [0, 0.05) is 38.7 Å². The summed E-state index contributed by atoms with van der Waals surface area (Å²) in [6.45, 7) is 10.6. The number of rotatable bonds is 5. The molecule has 0 saturated carbocycles. The molecule has 2 saturated heterocycles. The van der Waals surface area contributed by atoms with E-state index in [1.54, 1.807) is 0 Å². The van der Waals surface area contributed by atoms with Gasteiger partial charge in [-0.2, -0.15) is 0 Å². The number of hydrogen-bond donors (Lipinski definition) is 1. The third kappa shape index (κ3) is 4.57. The van der Waals surface area contributed by atoms with Gasteiger partial charge in [0.15, 0.2) is 5.76 Å². The van der Waals surface area contributed by atoms with Crippen molar-refractivity contribution in [2.24, 2.45) is 11.8 Å². The molecule has 1 N–H and O–H groups in total. The normalized spacial score (nSPS) is 21.8. The SMILES string of the molecule is Cc1cc(CN2CCN(C(=O)CC(C)C3CCNCC3)CC2)on1. The van der Waals surface area contributed by atoms with Gasteiger partial charge in [0.2, 0.25) is 5.91 Å². The molecule has 1 atom stereocenters. The van der Waals surface area contributed by atoms with Gasteiger partial charge < -0.3 is 14.7 Å². The number of amides is 1. The zero-order chi connectivity index (χ0) is 16.9. The number of hydrogen-bond acceptors (Lipinski definition) is 5. The molecule has 0 radical (unpaired) electrons. The van der Waals surface area contributed by atoms with Crippen molar-refractivity contribution < 1.29 is 9.32 Å². The van der Waals surface area contributed by atoms with Crippen molar-refractivity contribution >= 4 is 5.91 Å². The Bertz CT molecular complexity index is 531. The Labute approximate surface area is 144 Å². The van der Waals surface area contributed by atoms with Crippen molar-refractivity contribution in [3.8, 4) is 0 Å². The van der Waals surface area contributed by atoms with Gasteiger partial charge in [-0.1, -0.05) is 12.1 Å². The first-order valence-corrected chi connectivity index (χ1v) is 9.25. The fraction of sp³-hybridized carbons (Fsp3) is 0.778. The van der Waals surface area contributed by atoms with E-state index in [9.17, 15) is 4.79 Å². The van der Waals surface area contributed by atoms with Crippen molar-refractivity contribution in [1.82, 2.24) is 20.3 Å². The summed E-state index contributed by atoms with van der Waals surface area (Å²) < 4.78 is 5.28. The summed E-state index contributed by atoms with van der Waals surface area (Å²) in [6.07, 6.45) is 3.11. The highest BCUT2D eigenvalue weighted by molar-refractivity contribution is 5.76. The molecule has 6 heteroatoms. The molecule has 24 heavy (non-hydrogen) atoms. The van der Waals surface area contributed by atoms with Gasteiger partial charge in [-0.25, -0.2) is 0 Å². The number of carbonyl (C=O) groups excluding carboxylic acids is 1. The Morgan fingerprint density at radius 1 is 1.33 bits per heavy atom. The topological polar surface area (TPSA) is 61.6 Å². The minimum Gasteiger partial charge on any atom is -0.360 e. The Balaban J connectivity index is 1.41. The standard InChI is InChI=1S/C18H30N4O2/c1-14(16-3-5-19-6-4-16)11-18(23)22-9-7-21(8-10-22)13-17-12-15(2)20-24-17/h12,14,16,19H,3-11,13H2,1-2H3. The molecular formula is C18H30N4O2. The minimum atomic E-state index is 0.330. The predicted octanol–water partition coefficient (Wildman–Crippen LogP) is 1.65. The van der Waals surface area contributed by atoms with Gasteiger partial charge in [-0.05, 0) is 44.7 Å². The molecule has 6 nitrogen and oxygen atoms in total. The average Bonchev–Trinajstić information content (AvgIpc) is 3.01. The first-order chi connectivity index (χ1) is 11.6. The lowest BCUT2D eigenvalue weighted by Gasteiger charge is -2.35. The van der Waals surface area contributed by atoms with Gasteiger partial charge >= 0.3 is 0 Å². The summed E-state index contributed by atoms with van der Waals surface area (Å²) in [7, 11) is 0. The Hall–Kier alpha value is -1.40. The van der Waals surface area contributed by atoms with Crippen LogP contribution in [0, 0.1) is 18.8 Å². The lowest BCUT2D eigenvalue weighted by Crippen LogP contribution is -2.48. The van der Waals surface area contributed by atoms with Crippen molar-refractivity contribution in [2.75, 3.05) is 39.3 Å². The third-order valence-electron chi connectivity index (χ3n) is 5.47. The molecule has 134 valence electrons. The quantitative estimate of drug-likeness (QED) is 0.887. The van der Waals surface area contributed by atoms with Crippen LogP contribution in [0.4, 0.5) is 0 Å². The van der Waals surface area contributed by atoms with Crippen LogP contribution in [-0.4, -0.2) is 60.1 Å². The van der Waals surface area contributed by atoms with Crippen LogP contribution in [0.3, 0.4) is 0 Å². The minimum absolute atomic E-state index is 0.330. The van der Waals surface area contributed by atoms with Crippen LogP contribution in [0.2, 0.25) is 0 Å². The second-order valence-electron chi connectivity index (χ2n) is 7.36. The Morgan fingerprint density at radius 2 is 2.04 bits per heavy atom. The van der Waals surface area contributed by atoms with Gasteiger partial charge in [-0.15, -0.1) is 0 Å². The van der Waals surface area contributed by atoms with Crippen LogP contribution in [0.5, 0.6) is 0 Å². The second-order valence-corrected chi connectivity index (χ2v) is 7.36. The molecule has 2 fully saturated rings. The first kappa shape index (κ1) is 17.4. The van der Waals surface area contributed by atoms with Crippen LogP contribution >= 0.6 is 0 Å². The van der Waals surface area contributed by atoms with E-state index in [0.29, 0.717) is 24.2 Å². The molecule has 0 aromatic carbocycles. The molecule has 0 aliphatic carbocycles. The molecule has 1 amide bonds. The van der Waals surface area contributed by atoms with Gasteiger partial charge in [0.1, 0.15) is 0 Å². The molecule has 3 rings (SSSR count). The van der Waals surface area contributed by atoms with Crippen LogP contribution in [0.15, 0.2) is 10.6 Å². The summed E-state index contributed by atoms with van der Waals surface area (Å²) in [5.74, 6) is 2.43. The summed E-state index contributed by atoms with van der Waals surface area (Å²) in [5, 5.41) is 7.33. The van der Waals surface area contributed by atoms with Gasteiger partial charge in [0.25, 0.3) is 0 Å². The second kappa shape index (κ2) is 8.12. The summed E-state index contributed by atoms with van der Waals surface area (Å²) in [6, 6.07) is 1.98. The molecule has 3 heterocycles. The Morgan fingerprint density at radius 3 is 2.67 bits per heavy atom. The van der Waals surface area contributed by atoms with E-state index >= 15 is 0 Å². The number of piperazine rings is 1. The number of aromatic nitrogens is 1. The number of nitrogens with one attached hydrogen (secondary N) is 1. The number of nitrogens with zero attached hydrogens (tertiary/aromatic N) is 3. The molecule has 2 aliphatic rings. The summed E-state index contributed by atoms with van der Waals surface area (Å²) >= 11 is 0. The maximum absolute atomic E-state index is 12.6. The maximum atomic E-state index is 12.6. The highest BCUT2D eigenvalue weighted by Gasteiger charge is 2.26. The maximum Gasteiger partial charge on any atom is 0.222 e. The number of carbonyl (C=O) groups is 1. The molecule has 2 aliphatic heterocycles.